The number of amides is 1. The molecule has 1 N–H and O–H groups in total. The van der Waals surface area contributed by atoms with Gasteiger partial charge in [0.2, 0.25) is 5.91 Å². The number of carbonyl (C=O) groups is 1. The van der Waals surface area contributed by atoms with Crippen LogP contribution in [-0.4, -0.2) is 36.5 Å². The Kier molecular flexibility index (Phi) is 5.26. The van der Waals surface area contributed by atoms with E-state index in [1.165, 1.54) is 25.7 Å². The van der Waals surface area contributed by atoms with Crippen LogP contribution in [0, 0.1) is 5.41 Å². The van der Waals surface area contributed by atoms with E-state index in [9.17, 15) is 4.79 Å². The summed E-state index contributed by atoms with van der Waals surface area (Å²) in [4.78, 5) is 15.4. The Hall–Kier alpha value is -0.570. The summed E-state index contributed by atoms with van der Waals surface area (Å²) in [6.07, 6.45) is 9.29. The Morgan fingerprint density at radius 3 is 2.79 bits per heavy atom. The summed E-state index contributed by atoms with van der Waals surface area (Å²) in [5, 5.41) is 3.42. The van der Waals surface area contributed by atoms with Gasteiger partial charge in [0.1, 0.15) is 0 Å². The van der Waals surface area contributed by atoms with E-state index in [1.807, 2.05) is 0 Å². The molecule has 110 valence electrons. The molecule has 2 heterocycles. The lowest BCUT2D eigenvalue weighted by molar-refractivity contribution is -0.144. The van der Waals surface area contributed by atoms with Crippen LogP contribution >= 0.6 is 0 Å². The lowest BCUT2D eigenvalue weighted by Crippen LogP contribution is -2.49. The fraction of sp³-hybridized carbons (Fsp3) is 0.938. The molecule has 0 aliphatic carbocycles. The molecule has 2 atom stereocenters. The molecule has 0 aromatic carbocycles. The van der Waals surface area contributed by atoms with E-state index in [2.05, 4.69) is 24.1 Å². The van der Waals surface area contributed by atoms with Gasteiger partial charge in [-0.1, -0.05) is 33.1 Å². The molecule has 0 aromatic rings. The second kappa shape index (κ2) is 6.74. The van der Waals surface area contributed by atoms with Crippen molar-refractivity contribution in [3.8, 4) is 0 Å². The van der Waals surface area contributed by atoms with Gasteiger partial charge in [-0.3, -0.25) is 4.79 Å². The minimum atomic E-state index is -0.0908. The van der Waals surface area contributed by atoms with Crippen molar-refractivity contribution in [2.45, 2.75) is 71.3 Å². The number of likely N-dealkylation sites (tertiary alicyclic amines) is 1. The molecule has 1 amide bonds. The summed E-state index contributed by atoms with van der Waals surface area (Å²) < 4.78 is 0. The van der Waals surface area contributed by atoms with E-state index in [0.29, 0.717) is 11.9 Å². The number of rotatable bonds is 4. The lowest BCUT2D eigenvalue weighted by atomic mass is 9.80. The Bertz CT molecular complexity index is 297. The van der Waals surface area contributed by atoms with Crippen LogP contribution in [0.15, 0.2) is 0 Å². The van der Waals surface area contributed by atoms with Crippen molar-refractivity contribution < 1.29 is 4.79 Å². The van der Waals surface area contributed by atoms with Crippen LogP contribution in [0.5, 0.6) is 0 Å². The molecule has 0 saturated carbocycles. The predicted molar refractivity (Wildman–Crippen MR) is 79.1 cm³/mol. The second-order valence-corrected chi connectivity index (χ2v) is 6.37. The minimum absolute atomic E-state index is 0.0908. The minimum Gasteiger partial charge on any atom is -0.339 e. The van der Waals surface area contributed by atoms with Gasteiger partial charge in [-0.2, -0.15) is 0 Å². The van der Waals surface area contributed by atoms with Crippen LogP contribution in [0.2, 0.25) is 0 Å². The van der Waals surface area contributed by atoms with Gasteiger partial charge in [-0.25, -0.2) is 0 Å². The van der Waals surface area contributed by atoms with Crippen molar-refractivity contribution >= 4 is 5.91 Å². The van der Waals surface area contributed by atoms with Crippen molar-refractivity contribution in [1.29, 1.82) is 0 Å². The molecular weight excluding hydrogens is 236 g/mol. The largest absolute Gasteiger partial charge is 0.339 e. The van der Waals surface area contributed by atoms with Crippen LogP contribution in [0.25, 0.3) is 0 Å². The average Bonchev–Trinajstić information content (AvgIpc) is 2.76. The molecule has 0 radical (unpaired) electrons. The van der Waals surface area contributed by atoms with E-state index in [0.717, 1.165) is 45.3 Å². The van der Waals surface area contributed by atoms with Crippen LogP contribution in [0.3, 0.4) is 0 Å². The highest BCUT2D eigenvalue weighted by molar-refractivity contribution is 5.83. The molecule has 0 aromatic heterocycles. The maximum absolute atomic E-state index is 13.1. The van der Waals surface area contributed by atoms with Gasteiger partial charge in [0.15, 0.2) is 0 Å². The van der Waals surface area contributed by atoms with Gasteiger partial charge in [0, 0.05) is 19.1 Å². The van der Waals surface area contributed by atoms with Crippen molar-refractivity contribution in [3.05, 3.63) is 0 Å². The van der Waals surface area contributed by atoms with Crippen LogP contribution < -0.4 is 5.32 Å². The van der Waals surface area contributed by atoms with Crippen molar-refractivity contribution in [2.24, 2.45) is 5.41 Å². The van der Waals surface area contributed by atoms with Gasteiger partial charge < -0.3 is 10.2 Å². The van der Waals surface area contributed by atoms with Crippen LogP contribution in [-0.2, 0) is 4.79 Å². The van der Waals surface area contributed by atoms with E-state index >= 15 is 0 Å². The summed E-state index contributed by atoms with van der Waals surface area (Å²) in [5.74, 6) is 0.452. The normalized spacial score (nSPS) is 32.3. The third kappa shape index (κ3) is 3.13. The SMILES string of the molecule is CCCC1(C(=O)N2CCCCCC2CC)CCNC1. The van der Waals surface area contributed by atoms with Crippen LogP contribution in [0.4, 0.5) is 0 Å². The molecule has 2 aliphatic rings. The van der Waals surface area contributed by atoms with Gasteiger partial charge in [0.05, 0.1) is 5.41 Å². The smallest absolute Gasteiger partial charge is 0.230 e. The zero-order valence-electron chi connectivity index (χ0n) is 12.7. The highest BCUT2D eigenvalue weighted by atomic mass is 16.2. The number of nitrogens with one attached hydrogen (secondary N) is 1. The maximum Gasteiger partial charge on any atom is 0.230 e. The van der Waals surface area contributed by atoms with Crippen molar-refractivity contribution in [1.82, 2.24) is 10.2 Å². The summed E-state index contributed by atoms with van der Waals surface area (Å²) in [5.41, 5.74) is -0.0908. The van der Waals surface area contributed by atoms with Gasteiger partial charge in [-0.05, 0) is 38.6 Å². The maximum atomic E-state index is 13.1. The highest BCUT2D eigenvalue weighted by Gasteiger charge is 2.44. The lowest BCUT2D eigenvalue weighted by Gasteiger charge is -2.37. The Balaban J connectivity index is 2.14. The Labute approximate surface area is 118 Å². The van der Waals surface area contributed by atoms with E-state index in [-0.39, 0.29) is 5.41 Å². The van der Waals surface area contributed by atoms with E-state index in [4.69, 9.17) is 0 Å². The van der Waals surface area contributed by atoms with E-state index < -0.39 is 0 Å². The molecule has 3 nitrogen and oxygen atoms in total. The number of nitrogens with zero attached hydrogens (tertiary/aromatic N) is 1. The van der Waals surface area contributed by atoms with Crippen molar-refractivity contribution in [2.75, 3.05) is 19.6 Å². The molecule has 2 aliphatic heterocycles. The first-order chi connectivity index (χ1) is 9.23. The number of hydrogen-bond donors (Lipinski definition) is 1. The fourth-order valence-electron chi connectivity index (χ4n) is 3.90. The monoisotopic (exact) mass is 266 g/mol. The highest BCUT2D eigenvalue weighted by Crippen LogP contribution is 2.35. The average molecular weight is 266 g/mol. The summed E-state index contributed by atoms with van der Waals surface area (Å²) in [6.45, 7) is 7.33. The standard InChI is InChI=1S/C16H30N2O/c1-3-9-16(10-11-17-13-16)15(19)18-12-7-5-6-8-14(18)4-2/h14,17H,3-13H2,1-2H3. The Morgan fingerprint density at radius 2 is 2.16 bits per heavy atom. The summed E-state index contributed by atoms with van der Waals surface area (Å²) in [6, 6.07) is 0.490. The molecule has 2 fully saturated rings. The zero-order chi connectivity index (χ0) is 13.7. The van der Waals surface area contributed by atoms with E-state index in [1.54, 1.807) is 0 Å². The third-order valence-electron chi connectivity index (χ3n) is 5.04. The molecule has 2 unspecified atom stereocenters. The molecule has 0 bridgehead atoms. The fourth-order valence-corrected chi connectivity index (χ4v) is 3.90. The molecule has 3 heteroatoms. The number of hydrogen-bond acceptors (Lipinski definition) is 2. The summed E-state index contributed by atoms with van der Waals surface area (Å²) in [7, 11) is 0. The molecule has 0 spiro atoms. The molecule has 2 rings (SSSR count). The molecular formula is C16H30N2O. The quantitative estimate of drug-likeness (QED) is 0.848. The third-order valence-corrected chi connectivity index (χ3v) is 5.04. The first-order valence-electron chi connectivity index (χ1n) is 8.25. The van der Waals surface area contributed by atoms with Crippen LogP contribution in [0.1, 0.15) is 65.2 Å². The molecule has 2 saturated heterocycles. The van der Waals surface area contributed by atoms with Crippen molar-refractivity contribution in [3.63, 3.8) is 0 Å². The van der Waals surface area contributed by atoms with Gasteiger partial charge >= 0.3 is 0 Å². The summed E-state index contributed by atoms with van der Waals surface area (Å²) >= 11 is 0. The predicted octanol–water partition coefficient (Wildman–Crippen LogP) is 2.95. The first-order valence-corrected chi connectivity index (χ1v) is 8.25. The van der Waals surface area contributed by atoms with Gasteiger partial charge in [0.25, 0.3) is 0 Å². The molecule has 19 heavy (non-hydrogen) atoms. The van der Waals surface area contributed by atoms with Gasteiger partial charge in [-0.15, -0.1) is 0 Å². The topological polar surface area (TPSA) is 32.3 Å². The Morgan fingerprint density at radius 1 is 1.32 bits per heavy atom. The first kappa shape index (κ1) is 14.8. The zero-order valence-corrected chi connectivity index (χ0v) is 12.7. The number of carbonyl (C=O) groups excluding carboxylic acids is 1. The second-order valence-electron chi connectivity index (χ2n) is 6.37.